The van der Waals surface area contributed by atoms with E-state index in [9.17, 15) is 8.42 Å². The van der Waals surface area contributed by atoms with Crippen molar-refractivity contribution in [2.45, 2.75) is 43.1 Å². The molecule has 0 spiro atoms. The minimum absolute atomic E-state index is 0.0137. The van der Waals surface area contributed by atoms with E-state index in [2.05, 4.69) is 40.0 Å². The van der Waals surface area contributed by atoms with E-state index in [0.717, 1.165) is 16.8 Å². The second-order valence-electron chi connectivity index (χ2n) is 8.08. The number of rotatable bonds is 8. The molecule has 9 heteroatoms. The molecule has 4 aromatic rings. The van der Waals surface area contributed by atoms with Crippen molar-refractivity contribution in [2.75, 3.05) is 0 Å². The molecule has 3 aromatic carbocycles. The zero-order valence-corrected chi connectivity index (χ0v) is 21.5. The van der Waals surface area contributed by atoms with Crippen molar-refractivity contribution in [3.05, 3.63) is 99.8 Å². The van der Waals surface area contributed by atoms with Crippen LogP contribution in [0.3, 0.4) is 0 Å². The van der Waals surface area contributed by atoms with Gasteiger partial charge < -0.3 is 0 Å². The van der Waals surface area contributed by atoms with Gasteiger partial charge in [0.1, 0.15) is 0 Å². The summed E-state index contributed by atoms with van der Waals surface area (Å²) >= 11 is 7.84. The van der Waals surface area contributed by atoms with Gasteiger partial charge in [-0.25, -0.2) is 13.1 Å². The summed E-state index contributed by atoms with van der Waals surface area (Å²) in [4.78, 5) is 0.206. The lowest BCUT2D eigenvalue weighted by molar-refractivity contribution is 0.578. The predicted molar refractivity (Wildman–Crippen MR) is 137 cm³/mol. The molecule has 1 N–H and O–H groups in total. The van der Waals surface area contributed by atoms with E-state index in [-0.39, 0.29) is 11.4 Å². The van der Waals surface area contributed by atoms with Crippen molar-refractivity contribution in [1.82, 2.24) is 19.5 Å². The number of thioether (sulfide) groups is 1. The number of nitrogens with one attached hydrogen (secondary N) is 1. The fourth-order valence-corrected chi connectivity index (χ4v) is 5.54. The highest BCUT2D eigenvalue weighted by Crippen LogP contribution is 2.29. The summed E-state index contributed by atoms with van der Waals surface area (Å²) in [6.45, 7) is 5.93. The Morgan fingerprint density at radius 3 is 2.44 bits per heavy atom. The molecule has 0 atom stereocenters. The standard InChI is InChI=1S/C25H25ClN4O2S2/c1-17-7-11-22(12-8-17)34(31,32)27-15-24-28-29-25(33-16-20-6-4-5-18(2)13-20)30(24)23-14-21(26)10-9-19(23)3/h4-14,27H,15-16H2,1-3H3. The maximum atomic E-state index is 12.8. The summed E-state index contributed by atoms with van der Waals surface area (Å²) in [5.74, 6) is 1.18. The van der Waals surface area contributed by atoms with Crippen LogP contribution in [-0.2, 0) is 22.3 Å². The molecule has 0 saturated heterocycles. The van der Waals surface area contributed by atoms with Crippen molar-refractivity contribution in [2.24, 2.45) is 0 Å². The third kappa shape index (κ3) is 5.70. The molecule has 0 aliphatic rings. The zero-order valence-electron chi connectivity index (χ0n) is 19.1. The van der Waals surface area contributed by atoms with Crippen molar-refractivity contribution < 1.29 is 8.42 Å². The summed E-state index contributed by atoms with van der Waals surface area (Å²) in [7, 11) is -3.71. The van der Waals surface area contributed by atoms with E-state index >= 15 is 0 Å². The lowest BCUT2D eigenvalue weighted by Gasteiger charge is -2.14. The third-order valence-electron chi connectivity index (χ3n) is 5.31. The van der Waals surface area contributed by atoms with Crippen LogP contribution in [0.25, 0.3) is 5.69 Å². The van der Waals surface area contributed by atoms with E-state index in [1.54, 1.807) is 24.3 Å². The fraction of sp³-hybridized carbons (Fsp3) is 0.200. The van der Waals surface area contributed by atoms with Crippen LogP contribution >= 0.6 is 23.4 Å². The van der Waals surface area contributed by atoms with Crippen molar-refractivity contribution >= 4 is 33.4 Å². The van der Waals surface area contributed by atoms with Gasteiger partial charge >= 0.3 is 0 Å². The van der Waals surface area contributed by atoms with Crippen LogP contribution in [0, 0.1) is 20.8 Å². The highest BCUT2D eigenvalue weighted by Gasteiger charge is 2.20. The second kappa shape index (κ2) is 10.3. The summed E-state index contributed by atoms with van der Waals surface area (Å²) in [5, 5.41) is 9.95. The van der Waals surface area contributed by atoms with Gasteiger partial charge in [-0.05, 0) is 56.2 Å². The van der Waals surface area contributed by atoms with Crippen LogP contribution in [0.15, 0.2) is 76.8 Å². The molecule has 0 radical (unpaired) electrons. The monoisotopic (exact) mass is 512 g/mol. The van der Waals surface area contributed by atoms with Crippen molar-refractivity contribution in [3.8, 4) is 5.69 Å². The molecule has 0 aliphatic heterocycles. The Morgan fingerprint density at radius 2 is 1.71 bits per heavy atom. The number of aryl methyl sites for hydroxylation is 3. The number of halogens is 1. The van der Waals surface area contributed by atoms with E-state index in [1.165, 1.54) is 22.9 Å². The van der Waals surface area contributed by atoms with Crippen LogP contribution in [0.4, 0.5) is 0 Å². The maximum Gasteiger partial charge on any atom is 0.240 e. The Balaban J connectivity index is 1.65. The molecular weight excluding hydrogens is 488 g/mol. The summed E-state index contributed by atoms with van der Waals surface area (Å²) in [6, 6.07) is 20.6. The average molecular weight is 513 g/mol. The molecule has 1 aromatic heterocycles. The molecule has 0 bridgehead atoms. The lowest BCUT2D eigenvalue weighted by Crippen LogP contribution is -2.25. The Hall–Kier alpha value is -2.65. The minimum atomic E-state index is -3.71. The Kier molecular flexibility index (Phi) is 7.42. The number of hydrogen-bond donors (Lipinski definition) is 1. The van der Waals surface area contributed by atoms with Gasteiger partial charge in [-0.1, -0.05) is 77.0 Å². The molecule has 0 fully saturated rings. The van der Waals surface area contributed by atoms with E-state index in [1.807, 2.05) is 42.7 Å². The first-order valence-electron chi connectivity index (χ1n) is 10.7. The van der Waals surface area contributed by atoms with E-state index in [4.69, 9.17) is 11.6 Å². The molecule has 0 unspecified atom stereocenters. The first kappa shape index (κ1) is 24.5. The van der Waals surface area contributed by atoms with Gasteiger partial charge in [-0.2, -0.15) is 0 Å². The fourth-order valence-electron chi connectivity index (χ4n) is 3.48. The first-order valence-corrected chi connectivity index (χ1v) is 13.5. The quantitative estimate of drug-likeness (QED) is 0.310. The van der Waals surface area contributed by atoms with Crippen molar-refractivity contribution in [1.29, 1.82) is 0 Å². The average Bonchev–Trinajstić information content (AvgIpc) is 3.21. The third-order valence-corrected chi connectivity index (χ3v) is 7.97. The van der Waals surface area contributed by atoms with Gasteiger partial charge in [0.15, 0.2) is 11.0 Å². The number of aromatic nitrogens is 3. The summed E-state index contributed by atoms with van der Waals surface area (Å²) in [5.41, 5.74) is 5.14. The highest BCUT2D eigenvalue weighted by atomic mass is 35.5. The molecule has 1 heterocycles. The van der Waals surface area contributed by atoms with E-state index < -0.39 is 10.0 Å². The molecule has 0 aliphatic carbocycles. The molecule has 0 amide bonds. The Bertz CT molecular complexity index is 1420. The van der Waals surface area contributed by atoms with Gasteiger partial charge in [0.25, 0.3) is 0 Å². The molecular formula is C25H25ClN4O2S2. The molecule has 176 valence electrons. The van der Waals surface area contributed by atoms with Gasteiger partial charge in [0.2, 0.25) is 10.0 Å². The van der Waals surface area contributed by atoms with Gasteiger partial charge in [0.05, 0.1) is 17.1 Å². The van der Waals surface area contributed by atoms with Gasteiger partial charge in [-0.3, -0.25) is 4.57 Å². The molecule has 6 nitrogen and oxygen atoms in total. The topological polar surface area (TPSA) is 76.9 Å². The largest absolute Gasteiger partial charge is 0.273 e. The number of sulfonamides is 1. The van der Waals surface area contributed by atoms with Crippen LogP contribution in [0.5, 0.6) is 0 Å². The van der Waals surface area contributed by atoms with Crippen LogP contribution in [-0.4, -0.2) is 23.2 Å². The van der Waals surface area contributed by atoms with Crippen molar-refractivity contribution in [3.63, 3.8) is 0 Å². The Morgan fingerprint density at radius 1 is 0.941 bits per heavy atom. The predicted octanol–water partition coefficient (Wildman–Crippen LogP) is 5.62. The number of nitrogens with zero attached hydrogens (tertiary/aromatic N) is 3. The number of benzene rings is 3. The normalized spacial score (nSPS) is 11.6. The molecule has 4 rings (SSSR count). The van der Waals surface area contributed by atoms with Crippen LogP contribution in [0.2, 0.25) is 5.02 Å². The SMILES string of the molecule is Cc1ccc(S(=O)(=O)NCc2nnc(SCc3cccc(C)c3)n2-c2cc(Cl)ccc2C)cc1. The maximum absolute atomic E-state index is 12.8. The van der Waals surface area contributed by atoms with E-state index in [0.29, 0.717) is 21.8 Å². The lowest BCUT2D eigenvalue weighted by atomic mass is 10.2. The van der Waals surface area contributed by atoms with Crippen LogP contribution in [0.1, 0.15) is 28.1 Å². The smallest absolute Gasteiger partial charge is 0.240 e. The minimum Gasteiger partial charge on any atom is -0.273 e. The van der Waals surface area contributed by atoms with Crippen LogP contribution < -0.4 is 4.72 Å². The second-order valence-corrected chi connectivity index (χ2v) is 11.2. The zero-order chi connectivity index (χ0) is 24.3. The highest BCUT2D eigenvalue weighted by molar-refractivity contribution is 7.98. The first-order chi connectivity index (χ1) is 16.2. The Labute approximate surface area is 209 Å². The van der Waals surface area contributed by atoms with Gasteiger partial charge in [-0.15, -0.1) is 10.2 Å². The summed E-state index contributed by atoms with van der Waals surface area (Å²) in [6.07, 6.45) is 0. The molecule has 0 saturated carbocycles. The molecule has 34 heavy (non-hydrogen) atoms. The number of hydrogen-bond acceptors (Lipinski definition) is 5. The van der Waals surface area contributed by atoms with Gasteiger partial charge in [0, 0.05) is 10.8 Å². The summed E-state index contributed by atoms with van der Waals surface area (Å²) < 4.78 is 30.2.